The number of aromatic nitrogens is 4. The molecular formula is C10H14N6O. The van der Waals surface area contributed by atoms with E-state index in [2.05, 4.69) is 25.7 Å². The number of anilines is 2. The third-order valence-corrected chi connectivity index (χ3v) is 2.35. The Morgan fingerprint density at radius 3 is 3.00 bits per heavy atom. The van der Waals surface area contributed by atoms with E-state index in [1.807, 2.05) is 6.92 Å². The first kappa shape index (κ1) is 11.2. The highest BCUT2D eigenvalue weighted by Crippen LogP contribution is 2.16. The summed E-state index contributed by atoms with van der Waals surface area (Å²) in [6.45, 7) is 2.03. The molecule has 17 heavy (non-hydrogen) atoms. The van der Waals surface area contributed by atoms with E-state index >= 15 is 0 Å². The second kappa shape index (κ2) is 4.69. The van der Waals surface area contributed by atoms with Crippen LogP contribution in [0, 0.1) is 0 Å². The molecule has 0 spiro atoms. The minimum Gasteiger partial charge on any atom is -0.395 e. The number of aryl methyl sites for hydroxylation is 1. The number of H-pyrrole nitrogens is 2. The normalized spacial score (nSPS) is 10.4. The Balaban J connectivity index is 2.14. The molecule has 0 aliphatic carbocycles. The molecule has 0 aromatic carbocycles. The van der Waals surface area contributed by atoms with Crippen molar-refractivity contribution in [2.75, 3.05) is 11.1 Å². The van der Waals surface area contributed by atoms with Gasteiger partial charge in [-0.15, -0.1) is 0 Å². The van der Waals surface area contributed by atoms with E-state index in [4.69, 9.17) is 5.73 Å². The first-order valence-electron chi connectivity index (χ1n) is 5.35. The lowest BCUT2D eigenvalue weighted by molar-refractivity contribution is 0.102. The fraction of sp³-hybridized carbons (Fsp3) is 0.300. The van der Waals surface area contributed by atoms with Crippen molar-refractivity contribution in [3.63, 3.8) is 0 Å². The van der Waals surface area contributed by atoms with Crippen molar-refractivity contribution in [2.24, 2.45) is 0 Å². The Hall–Kier alpha value is -2.31. The van der Waals surface area contributed by atoms with Crippen LogP contribution in [0.4, 0.5) is 11.5 Å². The van der Waals surface area contributed by atoms with Gasteiger partial charge in [-0.1, -0.05) is 13.3 Å². The summed E-state index contributed by atoms with van der Waals surface area (Å²) in [5.41, 5.74) is 7.25. The number of aromatic amines is 2. The van der Waals surface area contributed by atoms with Gasteiger partial charge in [0, 0.05) is 6.07 Å². The molecule has 0 fully saturated rings. The van der Waals surface area contributed by atoms with E-state index in [1.165, 1.54) is 0 Å². The van der Waals surface area contributed by atoms with Crippen molar-refractivity contribution < 1.29 is 4.79 Å². The highest BCUT2D eigenvalue weighted by molar-refractivity contribution is 6.06. The zero-order valence-electron chi connectivity index (χ0n) is 9.45. The fourth-order valence-electron chi connectivity index (χ4n) is 1.51. The van der Waals surface area contributed by atoms with Crippen LogP contribution < -0.4 is 11.1 Å². The molecule has 0 aliphatic heterocycles. The minimum absolute atomic E-state index is 0.211. The van der Waals surface area contributed by atoms with Crippen LogP contribution in [0.5, 0.6) is 0 Å². The molecule has 0 saturated heterocycles. The molecule has 0 atom stereocenters. The first-order valence-corrected chi connectivity index (χ1v) is 5.35. The molecule has 2 aromatic rings. The second-order valence-electron chi connectivity index (χ2n) is 3.64. The van der Waals surface area contributed by atoms with Gasteiger partial charge in [0.1, 0.15) is 5.82 Å². The smallest absolute Gasteiger partial charge is 0.279 e. The van der Waals surface area contributed by atoms with Gasteiger partial charge >= 0.3 is 0 Å². The average Bonchev–Trinajstić information content (AvgIpc) is 2.91. The van der Waals surface area contributed by atoms with Crippen molar-refractivity contribution in [1.82, 2.24) is 20.4 Å². The van der Waals surface area contributed by atoms with Gasteiger partial charge in [-0.05, 0) is 6.42 Å². The van der Waals surface area contributed by atoms with Crippen molar-refractivity contribution in [3.05, 3.63) is 23.7 Å². The molecule has 0 unspecified atom stereocenters. The highest BCUT2D eigenvalue weighted by atomic mass is 16.2. The maximum absolute atomic E-state index is 11.8. The molecule has 2 aromatic heterocycles. The van der Waals surface area contributed by atoms with Gasteiger partial charge in [0.15, 0.2) is 5.69 Å². The van der Waals surface area contributed by atoms with E-state index in [0.29, 0.717) is 11.5 Å². The van der Waals surface area contributed by atoms with E-state index in [0.717, 1.165) is 18.5 Å². The monoisotopic (exact) mass is 234 g/mol. The molecule has 2 heterocycles. The van der Waals surface area contributed by atoms with Gasteiger partial charge < -0.3 is 11.1 Å². The number of nitrogens with one attached hydrogen (secondary N) is 3. The number of nitrogen functional groups attached to an aromatic ring is 1. The van der Waals surface area contributed by atoms with Gasteiger partial charge in [-0.2, -0.15) is 10.2 Å². The molecule has 0 aliphatic rings. The number of hydrogen-bond donors (Lipinski definition) is 4. The number of rotatable bonds is 4. The predicted octanol–water partition coefficient (Wildman–Crippen LogP) is 0.920. The summed E-state index contributed by atoms with van der Waals surface area (Å²) in [5, 5.41) is 15.7. The Morgan fingerprint density at radius 1 is 1.53 bits per heavy atom. The molecule has 7 heteroatoms. The summed E-state index contributed by atoms with van der Waals surface area (Å²) < 4.78 is 0. The van der Waals surface area contributed by atoms with Crippen LogP contribution in [0.25, 0.3) is 0 Å². The molecule has 0 radical (unpaired) electrons. The molecule has 90 valence electrons. The SMILES string of the molecule is CCCc1[nH]nc(C(=O)Nc2ccn[nH]2)c1N. The fourth-order valence-corrected chi connectivity index (χ4v) is 1.51. The van der Waals surface area contributed by atoms with Crippen molar-refractivity contribution in [3.8, 4) is 0 Å². The van der Waals surface area contributed by atoms with Gasteiger partial charge in [-0.25, -0.2) is 0 Å². The van der Waals surface area contributed by atoms with Crippen LogP contribution in [0.15, 0.2) is 12.3 Å². The zero-order chi connectivity index (χ0) is 12.3. The third kappa shape index (κ3) is 2.27. The largest absolute Gasteiger partial charge is 0.395 e. The third-order valence-electron chi connectivity index (χ3n) is 2.35. The molecule has 5 N–H and O–H groups in total. The van der Waals surface area contributed by atoms with Gasteiger partial charge in [0.2, 0.25) is 0 Å². The van der Waals surface area contributed by atoms with Crippen molar-refractivity contribution >= 4 is 17.4 Å². The topological polar surface area (TPSA) is 112 Å². The van der Waals surface area contributed by atoms with Crippen LogP contribution >= 0.6 is 0 Å². The number of hydrogen-bond acceptors (Lipinski definition) is 4. The number of amides is 1. The van der Waals surface area contributed by atoms with Crippen LogP contribution in [0.1, 0.15) is 29.5 Å². The maximum Gasteiger partial charge on any atom is 0.279 e. The second-order valence-corrected chi connectivity index (χ2v) is 3.64. The van der Waals surface area contributed by atoms with E-state index in [9.17, 15) is 4.79 Å². The number of nitrogens with two attached hydrogens (primary N) is 1. The standard InChI is InChI=1S/C10H14N6O/c1-2-3-6-8(11)9(16-14-6)10(17)13-7-4-5-12-15-7/h4-5H,2-3,11H2,1H3,(H,14,16)(H2,12,13,15,17). The van der Waals surface area contributed by atoms with Crippen LogP contribution in [-0.4, -0.2) is 26.3 Å². The summed E-state index contributed by atoms with van der Waals surface area (Å²) in [6, 6.07) is 1.65. The van der Waals surface area contributed by atoms with Gasteiger partial charge in [0.25, 0.3) is 5.91 Å². The predicted molar refractivity (Wildman–Crippen MR) is 63.5 cm³/mol. The highest BCUT2D eigenvalue weighted by Gasteiger charge is 2.17. The Morgan fingerprint density at radius 2 is 2.35 bits per heavy atom. The van der Waals surface area contributed by atoms with Crippen LogP contribution in [0.2, 0.25) is 0 Å². The van der Waals surface area contributed by atoms with Crippen LogP contribution in [-0.2, 0) is 6.42 Å². The summed E-state index contributed by atoms with van der Waals surface area (Å²) in [7, 11) is 0. The van der Waals surface area contributed by atoms with E-state index < -0.39 is 0 Å². The van der Waals surface area contributed by atoms with E-state index in [1.54, 1.807) is 12.3 Å². The van der Waals surface area contributed by atoms with E-state index in [-0.39, 0.29) is 11.6 Å². The summed E-state index contributed by atoms with van der Waals surface area (Å²) in [4.78, 5) is 11.8. The molecule has 1 amide bonds. The number of carbonyl (C=O) groups is 1. The lowest BCUT2D eigenvalue weighted by Gasteiger charge is -2.00. The Labute approximate surface area is 97.8 Å². The number of carbonyl (C=O) groups excluding carboxylic acids is 1. The first-order chi connectivity index (χ1) is 8.22. The summed E-state index contributed by atoms with van der Waals surface area (Å²) in [6.07, 6.45) is 3.26. The van der Waals surface area contributed by atoms with Crippen molar-refractivity contribution in [2.45, 2.75) is 19.8 Å². The Kier molecular flexibility index (Phi) is 3.08. The van der Waals surface area contributed by atoms with Crippen LogP contribution in [0.3, 0.4) is 0 Å². The van der Waals surface area contributed by atoms with Gasteiger partial charge in [0.05, 0.1) is 17.6 Å². The summed E-state index contributed by atoms with van der Waals surface area (Å²) in [5.74, 6) is 0.153. The lowest BCUT2D eigenvalue weighted by Crippen LogP contribution is -2.14. The van der Waals surface area contributed by atoms with Gasteiger partial charge in [-0.3, -0.25) is 15.0 Å². The Bertz CT molecular complexity index is 501. The van der Waals surface area contributed by atoms with Crippen molar-refractivity contribution in [1.29, 1.82) is 0 Å². The lowest BCUT2D eigenvalue weighted by atomic mass is 10.2. The molecule has 0 bridgehead atoms. The molecule has 2 rings (SSSR count). The molecule has 7 nitrogen and oxygen atoms in total. The zero-order valence-corrected chi connectivity index (χ0v) is 9.45. The quantitative estimate of drug-likeness (QED) is 0.630. The molecule has 0 saturated carbocycles. The number of nitrogens with zero attached hydrogens (tertiary/aromatic N) is 2. The summed E-state index contributed by atoms with van der Waals surface area (Å²) >= 11 is 0. The average molecular weight is 234 g/mol. The molecular weight excluding hydrogens is 220 g/mol. The maximum atomic E-state index is 11.8. The minimum atomic E-state index is -0.356.